The summed E-state index contributed by atoms with van der Waals surface area (Å²) in [6, 6.07) is 13.5. The third-order valence-corrected chi connectivity index (χ3v) is 5.36. The minimum Gasteiger partial charge on any atom is -0.483 e. The van der Waals surface area contributed by atoms with E-state index in [1.807, 2.05) is 42.7 Å². The van der Waals surface area contributed by atoms with Gasteiger partial charge in [0.15, 0.2) is 17.1 Å². The number of hydrogen-bond acceptors (Lipinski definition) is 7. The number of aromatic nitrogens is 3. The number of anilines is 1. The Bertz CT molecular complexity index is 1130. The Morgan fingerprint density at radius 2 is 2.09 bits per heavy atom. The molecule has 166 valence electrons. The van der Waals surface area contributed by atoms with Crippen LogP contribution in [-0.4, -0.2) is 31.3 Å². The van der Waals surface area contributed by atoms with Crippen LogP contribution in [-0.2, 0) is 11.3 Å². The van der Waals surface area contributed by atoms with E-state index >= 15 is 0 Å². The van der Waals surface area contributed by atoms with Gasteiger partial charge in [-0.2, -0.15) is 0 Å². The van der Waals surface area contributed by atoms with Gasteiger partial charge < -0.3 is 10.1 Å². The van der Waals surface area contributed by atoms with E-state index in [1.54, 1.807) is 12.1 Å². The number of nitrogens with zero attached hydrogens (tertiary/aromatic N) is 4. The Balaban J connectivity index is 1.67. The number of amides is 1. The maximum Gasteiger partial charge on any atom is 0.271 e. The molecule has 1 amide bonds. The van der Waals surface area contributed by atoms with Gasteiger partial charge in [0.25, 0.3) is 5.69 Å². The van der Waals surface area contributed by atoms with E-state index in [0.29, 0.717) is 23.2 Å². The molecule has 3 rings (SSSR count). The second kappa shape index (κ2) is 10.6. The van der Waals surface area contributed by atoms with Crippen LogP contribution in [0.5, 0.6) is 5.75 Å². The fraction of sp³-hybridized carbons (Fsp3) is 0.227. The van der Waals surface area contributed by atoms with Crippen LogP contribution in [0.15, 0.2) is 66.3 Å². The zero-order chi connectivity index (χ0) is 23.1. The van der Waals surface area contributed by atoms with Crippen LogP contribution in [0.25, 0.3) is 0 Å². The number of thioether (sulfide) groups is 1. The highest BCUT2D eigenvalue weighted by Crippen LogP contribution is 2.25. The SMILES string of the molecule is C=CCn1c(SCC(=O)Nc2cccc([N+](=O)[O-])c2)nnc1C(C)Oc1cccc(C)c1. The molecule has 1 heterocycles. The van der Waals surface area contributed by atoms with E-state index in [9.17, 15) is 14.9 Å². The third kappa shape index (κ3) is 5.94. The summed E-state index contributed by atoms with van der Waals surface area (Å²) >= 11 is 1.21. The number of ether oxygens (including phenoxy) is 1. The molecule has 0 spiro atoms. The zero-order valence-electron chi connectivity index (χ0n) is 17.7. The summed E-state index contributed by atoms with van der Waals surface area (Å²) in [7, 11) is 0. The van der Waals surface area contributed by atoms with Crippen molar-refractivity contribution >= 4 is 29.0 Å². The van der Waals surface area contributed by atoms with Crippen LogP contribution >= 0.6 is 11.8 Å². The molecule has 0 aliphatic heterocycles. The lowest BCUT2D eigenvalue weighted by Gasteiger charge is -2.16. The number of allylic oxidation sites excluding steroid dienone is 1. The number of benzene rings is 2. The first-order valence-electron chi connectivity index (χ1n) is 9.81. The average Bonchev–Trinajstić information content (AvgIpc) is 3.15. The first-order chi connectivity index (χ1) is 15.4. The number of carbonyl (C=O) groups is 1. The van der Waals surface area contributed by atoms with Gasteiger partial charge in [-0.1, -0.05) is 36.0 Å². The van der Waals surface area contributed by atoms with Gasteiger partial charge in [-0.3, -0.25) is 19.5 Å². The normalized spacial score (nSPS) is 11.6. The maximum atomic E-state index is 12.3. The Labute approximate surface area is 189 Å². The van der Waals surface area contributed by atoms with Crippen LogP contribution in [0.1, 0.15) is 24.4 Å². The van der Waals surface area contributed by atoms with Gasteiger partial charge in [0, 0.05) is 24.4 Å². The first kappa shape index (κ1) is 23.0. The summed E-state index contributed by atoms with van der Waals surface area (Å²) in [6.45, 7) is 8.12. The topological polar surface area (TPSA) is 112 Å². The van der Waals surface area contributed by atoms with E-state index in [-0.39, 0.29) is 23.5 Å². The second-order valence-corrected chi connectivity index (χ2v) is 7.90. The zero-order valence-corrected chi connectivity index (χ0v) is 18.5. The van der Waals surface area contributed by atoms with Crippen LogP contribution in [0.3, 0.4) is 0 Å². The van der Waals surface area contributed by atoms with Gasteiger partial charge in [0.1, 0.15) is 5.75 Å². The lowest BCUT2D eigenvalue weighted by atomic mass is 10.2. The molecule has 0 radical (unpaired) electrons. The number of nitrogens with one attached hydrogen (secondary N) is 1. The Kier molecular flexibility index (Phi) is 7.61. The number of hydrogen-bond donors (Lipinski definition) is 1. The van der Waals surface area contributed by atoms with E-state index in [2.05, 4.69) is 22.1 Å². The van der Waals surface area contributed by atoms with Crippen LogP contribution in [0, 0.1) is 17.0 Å². The highest BCUT2D eigenvalue weighted by molar-refractivity contribution is 7.99. The number of nitro benzene ring substituents is 1. The molecule has 32 heavy (non-hydrogen) atoms. The van der Waals surface area contributed by atoms with Crippen LogP contribution in [0.4, 0.5) is 11.4 Å². The molecule has 1 unspecified atom stereocenters. The van der Waals surface area contributed by atoms with Crippen molar-refractivity contribution in [2.75, 3.05) is 11.1 Å². The lowest BCUT2D eigenvalue weighted by molar-refractivity contribution is -0.384. The molecule has 2 aromatic carbocycles. The van der Waals surface area contributed by atoms with Gasteiger partial charge in [-0.15, -0.1) is 16.8 Å². The molecule has 1 aromatic heterocycles. The third-order valence-electron chi connectivity index (χ3n) is 4.40. The quantitative estimate of drug-likeness (QED) is 0.207. The number of nitro groups is 1. The summed E-state index contributed by atoms with van der Waals surface area (Å²) in [4.78, 5) is 22.7. The van der Waals surface area contributed by atoms with Gasteiger partial charge in [0.05, 0.1) is 10.7 Å². The predicted octanol–water partition coefficient (Wildman–Crippen LogP) is 4.55. The van der Waals surface area contributed by atoms with Crippen LogP contribution in [0.2, 0.25) is 0 Å². The van der Waals surface area contributed by atoms with E-state index in [0.717, 1.165) is 11.3 Å². The summed E-state index contributed by atoms with van der Waals surface area (Å²) in [5, 5.41) is 22.6. The summed E-state index contributed by atoms with van der Waals surface area (Å²) in [5.74, 6) is 1.10. The smallest absolute Gasteiger partial charge is 0.271 e. The van der Waals surface area contributed by atoms with Gasteiger partial charge >= 0.3 is 0 Å². The van der Waals surface area contributed by atoms with Crippen molar-refractivity contribution < 1.29 is 14.5 Å². The molecule has 0 saturated carbocycles. The van der Waals surface area contributed by atoms with Gasteiger partial charge in [0.2, 0.25) is 5.91 Å². The molecule has 10 heteroatoms. The van der Waals surface area contributed by atoms with Crippen molar-refractivity contribution in [3.8, 4) is 5.75 Å². The minimum absolute atomic E-state index is 0.0606. The molecule has 0 aliphatic carbocycles. The molecule has 1 N–H and O–H groups in total. The Morgan fingerprint density at radius 1 is 1.31 bits per heavy atom. The Hall–Kier alpha value is -3.66. The van der Waals surface area contributed by atoms with Crippen molar-refractivity contribution in [2.24, 2.45) is 0 Å². The van der Waals surface area contributed by atoms with Crippen molar-refractivity contribution in [1.82, 2.24) is 14.8 Å². The second-order valence-electron chi connectivity index (χ2n) is 6.96. The first-order valence-corrected chi connectivity index (χ1v) is 10.8. The summed E-state index contributed by atoms with van der Waals surface area (Å²) in [6.07, 6.45) is 1.36. The molecule has 0 bridgehead atoms. The van der Waals surface area contributed by atoms with Crippen molar-refractivity contribution in [2.45, 2.75) is 31.7 Å². The fourth-order valence-corrected chi connectivity index (χ4v) is 3.73. The number of carbonyl (C=O) groups excluding carboxylic acids is 1. The van der Waals surface area contributed by atoms with Crippen molar-refractivity contribution in [3.63, 3.8) is 0 Å². The summed E-state index contributed by atoms with van der Waals surface area (Å²) in [5.41, 5.74) is 1.36. The number of aryl methyl sites for hydroxylation is 1. The molecular formula is C22H23N5O4S. The number of rotatable bonds is 10. The van der Waals surface area contributed by atoms with E-state index in [4.69, 9.17) is 4.74 Å². The molecule has 1 atom stereocenters. The molecule has 0 saturated heterocycles. The highest BCUT2D eigenvalue weighted by Gasteiger charge is 2.20. The van der Waals surface area contributed by atoms with E-state index in [1.165, 1.54) is 30.0 Å². The highest BCUT2D eigenvalue weighted by atomic mass is 32.2. The predicted molar refractivity (Wildman–Crippen MR) is 123 cm³/mol. The molecule has 0 aliphatic rings. The van der Waals surface area contributed by atoms with Crippen LogP contribution < -0.4 is 10.1 Å². The molecule has 3 aromatic rings. The molecule has 0 fully saturated rings. The molecule has 9 nitrogen and oxygen atoms in total. The molecular weight excluding hydrogens is 430 g/mol. The monoisotopic (exact) mass is 453 g/mol. The van der Waals surface area contributed by atoms with E-state index < -0.39 is 4.92 Å². The van der Waals surface area contributed by atoms with Crippen molar-refractivity contribution in [3.05, 3.63) is 82.7 Å². The minimum atomic E-state index is -0.510. The lowest BCUT2D eigenvalue weighted by Crippen LogP contribution is -2.15. The average molecular weight is 454 g/mol. The van der Waals surface area contributed by atoms with Gasteiger partial charge in [-0.25, -0.2) is 0 Å². The fourth-order valence-electron chi connectivity index (χ4n) is 2.98. The largest absolute Gasteiger partial charge is 0.483 e. The number of non-ortho nitro benzene ring substituents is 1. The maximum absolute atomic E-state index is 12.3. The standard InChI is InChI=1S/C22H23N5O4S/c1-4-11-26-21(16(3)31-19-10-5-7-15(2)12-19)24-25-22(26)32-14-20(28)23-17-8-6-9-18(13-17)27(29)30/h4-10,12-13,16H,1,11,14H2,2-3H3,(H,23,28). The van der Waals surface area contributed by atoms with Gasteiger partial charge in [-0.05, 0) is 37.6 Å². The summed E-state index contributed by atoms with van der Waals surface area (Å²) < 4.78 is 7.86. The van der Waals surface area contributed by atoms with Crippen molar-refractivity contribution in [1.29, 1.82) is 0 Å². The Morgan fingerprint density at radius 3 is 2.81 bits per heavy atom.